The molecule has 2 rings (SSSR count). The van der Waals surface area contributed by atoms with Crippen molar-refractivity contribution in [2.45, 2.75) is 6.92 Å². The third kappa shape index (κ3) is 2.23. The zero-order chi connectivity index (χ0) is 11.5. The summed E-state index contributed by atoms with van der Waals surface area (Å²) >= 11 is 3.40. The summed E-state index contributed by atoms with van der Waals surface area (Å²) in [5.74, 6) is 0. The molecule has 0 atom stereocenters. The van der Waals surface area contributed by atoms with Gasteiger partial charge in [0, 0.05) is 4.47 Å². The van der Waals surface area contributed by atoms with E-state index in [0.717, 1.165) is 26.5 Å². The van der Waals surface area contributed by atoms with E-state index in [9.17, 15) is 4.57 Å². The van der Waals surface area contributed by atoms with Gasteiger partial charge in [0.25, 0.3) is 0 Å². The summed E-state index contributed by atoms with van der Waals surface area (Å²) in [6.07, 6.45) is 0. The van der Waals surface area contributed by atoms with Crippen molar-refractivity contribution in [3.63, 3.8) is 0 Å². The van der Waals surface area contributed by atoms with Crippen LogP contribution in [-0.4, -0.2) is 0 Å². The van der Waals surface area contributed by atoms with E-state index in [1.165, 1.54) is 0 Å². The highest BCUT2D eigenvalue weighted by Gasteiger charge is 2.07. The van der Waals surface area contributed by atoms with Crippen LogP contribution in [0.1, 0.15) is 5.56 Å². The van der Waals surface area contributed by atoms with E-state index in [4.69, 9.17) is 0 Å². The first-order chi connectivity index (χ1) is 7.72. The zero-order valence-corrected chi connectivity index (χ0v) is 11.3. The Kier molecular flexibility index (Phi) is 3.52. The number of hydrogen-bond donors (Lipinski definition) is 0. The van der Waals surface area contributed by atoms with Crippen molar-refractivity contribution >= 4 is 29.7 Å². The second kappa shape index (κ2) is 4.90. The molecule has 0 aromatic heterocycles. The average molecular weight is 293 g/mol. The van der Waals surface area contributed by atoms with Crippen LogP contribution in [0, 0.1) is 6.92 Å². The summed E-state index contributed by atoms with van der Waals surface area (Å²) in [6, 6.07) is 14.0. The Balaban J connectivity index is 2.59. The summed E-state index contributed by atoms with van der Waals surface area (Å²) in [4.78, 5) is 0. The van der Waals surface area contributed by atoms with Crippen LogP contribution >= 0.6 is 24.4 Å². The largest absolute Gasteiger partial charge is 0.269 e. The molecular formula is C13H10BrOP. The van der Waals surface area contributed by atoms with E-state index in [0.29, 0.717) is 0 Å². The Morgan fingerprint density at radius 2 is 1.75 bits per heavy atom. The number of hydrogen-bond acceptors (Lipinski definition) is 1. The van der Waals surface area contributed by atoms with Gasteiger partial charge in [-0.15, -0.1) is 0 Å². The van der Waals surface area contributed by atoms with Gasteiger partial charge in [-0.25, -0.2) is 0 Å². The molecule has 2 aromatic rings. The normalized spacial score (nSPS) is 10.6. The molecule has 3 heteroatoms. The smallest absolute Gasteiger partial charge is 0.193 e. The Labute approximate surface area is 105 Å². The highest BCUT2D eigenvalue weighted by molar-refractivity contribution is 9.10. The molecule has 0 amide bonds. The van der Waals surface area contributed by atoms with Crippen molar-refractivity contribution in [3.05, 3.63) is 52.5 Å². The van der Waals surface area contributed by atoms with Gasteiger partial charge in [0.15, 0.2) is 8.46 Å². The number of benzene rings is 2. The van der Waals surface area contributed by atoms with Gasteiger partial charge in [-0.3, -0.25) is 4.57 Å². The number of halogens is 1. The van der Waals surface area contributed by atoms with Crippen LogP contribution in [-0.2, 0) is 4.57 Å². The second-order valence-corrected chi connectivity index (χ2v) is 5.11. The molecule has 0 bridgehead atoms. The lowest BCUT2D eigenvalue weighted by Gasteiger charge is -2.06. The maximum Gasteiger partial charge on any atom is 0.193 e. The molecule has 16 heavy (non-hydrogen) atoms. The fraction of sp³-hybridized carbons (Fsp3) is 0.0769. The lowest BCUT2D eigenvalue weighted by Crippen LogP contribution is -2.02. The SMILES string of the molecule is Cc1cccc(-c2ccc(Br)cc2)c1P=O. The minimum Gasteiger partial charge on any atom is -0.269 e. The molecule has 0 radical (unpaired) electrons. The molecule has 0 heterocycles. The molecule has 1 nitrogen and oxygen atoms in total. The molecule has 0 saturated heterocycles. The van der Waals surface area contributed by atoms with Crippen LogP contribution in [0.15, 0.2) is 46.9 Å². The van der Waals surface area contributed by atoms with Gasteiger partial charge in [0.2, 0.25) is 0 Å². The fourth-order valence-corrected chi connectivity index (χ4v) is 2.43. The van der Waals surface area contributed by atoms with Gasteiger partial charge in [0.05, 0.1) is 5.30 Å². The highest BCUT2D eigenvalue weighted by atomic mass is 79.9. The van der Waals surface area contributed by atoms with Crippen LogP contribution in [0.25, 0.3) is 11.1 Å². The molecule has 0 aliphatic carbocycles. The van der Waals surface area contributed by atoms with Crippen molar-refractivity contribution in [3.8, 4) is 11.1 Å². The lowest BCUT2D eigenvalue weighted by molar-refractivity contribution is 0.603. The minimum absolute atomic E-state index is 0.0741. The summed E-state index contributed by atoms with van der Waals surface area (Å²) in [7, 11) is 0.0741. The number of aryl methyl sites for hydroxylation is 1. The summed E-state index contributed by atoms with van der Waals surface area (Å²) < 4.78 is 12.2. The highest BCUT2D eigenvalue weighted by Crippen LogP contribution is 2.23. The van der Waals surface area contributed by atoms with Gasteiger partial charge in [-0.2, -0.15) is 0 Å². The van der Waals surface area contributed by atoms with Crippen LogP contribution in [0.2, 0.25) is 0 Å². The second-order valence-electron chi connectivity index (χ2n) is 3.57. The number of rotatable bonds is 2. The van der Waals surface area contributed by atoms with Crippen LogP contribution in [0.4, 0.5) is 0 Å². The molecule has 0 aliphatic heterocycles. The molecule has 80 valence electrons. The van der Waals surface area contributed by atoms with E-state index in [-0.39, 0.29) is 8.46 Å². The van der Waals surface area contributed by atoms with Crippen molar-refractivity contribution in [1.29, 1.82) is 0 Å². The topological polar surface area (TPSA) is 17.1 Å². The lowest BCUT2D eigenvalue weighted by atomic mass is 10.0. The minimum atomic E-state index is 0.0741. The van der Waals surface area contributed by atoms with Gasteiger partial charge >= 0.3 is 0 Å². The Morgan fingerprint density at radius 1 is 1.06 bits per heavy atom. The molecule has 0 spiro atoms. The first kappa shape index (κ1) is 11.5. The quantitative estimate of drug-likeness (QED) is 0.753. The summed E-state index contributed by atoms with van der Waals surface area (Å²) in [5, 5.41) is 0.866. The van der Waals surface area contributed by atoms with Crippen molar-refractivity contribution < 1.29 is 4.57 Å². The van der Waals surface area contributed by atoms with Crippen molar-refractivity contribution in [2.24, 2.45) is 0 Å². The molecular weight excluding hydrogens is 283 g/mol. The van der Waals surface area contributed by atoms with Crippen LogP contribution < -0.4 is 5.30 Å². The predicted octanol–water partition coefficient (Wildman–Crippen LogP) is 4.34. The van der Waals surface area contributed by atoms with E-state index in [2.05, 4.69) is 15.9 Å². The van der Waals surface area contributed by atoms with Gasteiger partial charge in [-0.05, 0) is 35.7 Å². The predicted molar refractivity (Wildman–Crippen MR) is 71.6 cm³/mol. The maximum atomic E-state index is 11.2. The first-order valence-corrected chi connectivity index (χ1v) is 6.52. The first-order valence-electron chi connectivity index (χ1n) is 4.91. The Bertz CT molecular complexity index is 520. The molecule has 0 unspecified atom stereocenters. The van der Waals surface area contributed by atoms with E-state index < -0.39 is 0 Å². The third-order valence-electron chi connectivity index (χ3n) is 2.48. The van der Waals surface area contributed by atoms with E-state index in [1.807, 2.05) is 49.4 Å². The van der Waals surface area contributed by atoms with Crippen LogP contribution in [0.5, 0.6) is 0 Å². The van der Waals surface area contributed by atoms with Crippen molar-refractivity contribution in [2.75, 3.05) is 0 Å². The molecule has 0 fully saturated rings. The molecule has 0 aliphatic rings. The van der Waals surface area contributed by atoms with E-state index in [1.54, 1.807) is 0 Å². The standard InChI is InChI=1S/C13H10BrOP/c1-9-3-2-4-12(13(9)16-15)10-5-7-11(14)8-6-10/h2-8H,1H3. The summed E-state index contributed by atoms with van der Waals surface area (Å²) in [5.41, 5.74) is 3.17. The Hall–Kier alpha value is -0.980. The maximum absolute atomic E-state index is 11.2. The molecule has 0 saturated carbocycles. The fourth-order valence-electron chi connectivity index (χ4n) is 1.64. The Morgan fingerprint density at radius 3 is 2.38 bits per heavy atom. The zero-order valence-electron chi connectivity index (χ0n) is 8.77. The molecule has 0 N–H and O–H groups in total. The van der Waals surface area contributed by atoms with Crippen LogP contribution in [0.3, 0.4) is 0 Å². The van der Waals surface area contributed by atoms with Gasteiger partial charge in [0.1, 0.15) is 0 Å². The van der Waals surface area contributed by atoms with Crippen molar-refractivity contribution in [1.82, 2.24) is 0 Å². The van der Waals surface area contributed by atoms with E-state index >= 15 is 0 Å². The third-order valence-corrected chi connectivity index (χ3v) is 3.79. The summed E-state index contributed by atoms with van der Waals surface area (Å²) in [6.45, 7) is 1.97. The molecule has 2 aromatic carbocycles. The monoisotopic (exact) mass is 292 g/mol. The average Bonchev–Trinajstić information content (AvgIpc) is 2.30. The van der Waals surface area contributed by atoms with Gasteiger partial charge < -0.3 is 0 Å². The van der Waals surface area contributed by atoms with Gasteiger partial charge in [-0.1, -0.05) is 46.3 Å².